The Balaban J connectivity index is 1.99. The molecule has 0 amide bonds. The van der Waals surface area contributed by atoms with Crippen molar-refractivity contribution in [1.29, 1.82) is 0 Å². The number of anilines is 1. The summed E-state index contributed by atoms with van der Waals surface area (Å²) in [6.45, 7) is 2.85. The highest BCUT2D eigenvalue weighted by molar-refractivity contribution is 5.78. The number of hydrogen-bond acceptors (Lipinski definition) is 4. The zero-order chi connectivity index (χ0) is 14.7. The first-order chi connectivity index (χ1) is 10.2. The first-order valence-electron chi connectivity index (χ1n) is 7.01. The molecule has 1 unspecified atom stereocenters. The van der Waals surface area contributed by atoms with Crippen LogP contribution >= 0.6 is 0 Å². The van der Waals surface area contributed by atoms with Crippen molar-refractivity contribution in [2.45, 2.75) is 19.6 Å². The molecule has 21 heavy (non-hydrogen) atoms. The lowest BCUT2D eigenvalue weighted by Crippen LogP contribution is -2.18. The number of nitrogens with zero attached hydrogens (tertiary/aromatic N) is 3. The van der Waals surface area contributed by atoms with E-state index in [0.29, 0.717) is 13.1 Å². The molecule has 0 radical (unpaired) electrons. The zero-order valence-electron chi connectivity index (χ0n) is 11.9. The molecule has 0 saturated heterocycles. The summed E-state index contributed by atoms with van der Waals surface area (Å²) in [7, 11) is 0. The highest BCUT2D eigenvalue weighted by Gasteiger charge is 2.11. The number of pyridine rings is 1. The van der Waals surface area contributed by atoms with E-state index in [1.807, 2.05) is 42.5 Å². The fourth-order valence-corrected chi connectivity index (χ4v) is 2.26. The lowest BCUT2D eigenvalue weighted by atomic mass is 10.3. The molecule has 3 aromatic rings. The average Bonchev–Trinajstić information content (AvgIpc) is 2.84. The SMILES string of the molecule is CC(O)CNc1nc2ccccc2n1Cc1ccccn1. The summed E-state index contributed by atoms with van der Waals surface area (Å²) in [5, 5.41) is 12.7. The highest BCUT2D eigenvalue weighted by atomic mass is 16.3. The molecule has 0 aliphatic rings. The Kier molecular flexibility index (Phi) is 3.83. The van der Waals surface area contributed by atoms with Crippen molar-refractivity contribution in [3.8, 4) is 0 Å². The molecule has 5 heteroatoms. The normalized spacial score (nSPS) is 12.5. The molecule has 0 aliphatic carbocycles. The smallest absolute Gasteiger partial charge is 0.204 e. The minimum atomic E-state index is -0.423. The molecule has 2 heterocycles. The quantitative estimate of drug-likeness (QED) is 0.753. The first kappa shape index (κ1) is 13.6. The van der Waals surface area contributed by atoms with Crippen molar-refractivity contribution in [2.24, 2.45) is 0 Å². The van der Waals surface area contributed by atoms with Gasteiger partial charge in [0.25, 0.3) is 0 Å². The first-order valence-corrected chi connectivity index (χ1v) is 7.01. The third-order valence-electron chi connectivity index (χ3n) is 3.26. The number of aliphatic hydroxyl groups is 1. The molecule has 0 saturated carbocycles. The molecule has 0 fully saturated rings. The van der Waals surface area contributed by atoms with Crippen LogP contribution in [0.2, 0.25) is 0 Å². The van der Waals surface area contributed by atoms with Crippen LogP contribution in [-0.4, -0.2) is 32.3 Å². The third-order valence-corrected chi connectivity index (χ3v) is 3.26. The predicted octanol–water partition coefficient (Wildman–Crippen LogP) is 2.27. The highest BCUT2D eigenvalue weighted by Crippen LogP contribution is 2.20. The van der Waals surface area contributed by atoms with Gasteiger partial charge in [0.05, 0.1) is 29.4 Å². The van der Waals surface area contributed by atoms with Crippen molar-refractivity contribution < 1.29 is 5.11 Å². The molecule has 2 N–H and O–H groups in total. The summed E-state index contributed by atoms with van der Waals surface area (Å²) in [6.07, 6.45) is 1.37. The molecular formula is C16H18N4O. The van der Waals surface area contributed by atoms with Gasteiger partial charge in [0.2, 0.25) is 5.95 Å². The summed E-state index contributed by atoms with van der Waals surface area (Å²) >= 11 is 0. The van der Waals surface area contributed by atoms with Crippen LogP contribution in [0.5, 0.6) is 0 Å². The van der Waals surface area contributed by atoms with Crippen molar-refractivity contribution in [3.63, 3.8) is 0 Å². The summed E-state index contributed by atoms with van der Waals surface area (Å²) in [5.41, 5.74) is 2.96. The zero-order valence-corrected chi connectivity index (χ0v) is 11.9. The minimum Gasteiger partial charge on any atom is -0.392 e. The standard InChI is InChI=1S/C16H18N4O/c1-12(21)10-18-16-19-14-7-2-3-8-15(14)20(16)11-13-6-4-5-9-17-13/h2-9,12,21H,10-11H2,1H3,(H,18,19). The van der Waals surface area contributed by atoms with Crippen molar-refractivity contribution >= 4 is 17.0 Å². The van der Waals surface area contributed by atoms with Crippen LogP contribution in [0.15, 0.2) is 48.7 Å². The van der Waals surface area contributed by atoms with E-state index in [2.05, 4.69) is 19.9 Å². The summed E-state index contributed by atoms with van der Waals surface area (Å²) in [4.78, 5) is 8.96. The molecule has 3 rings (SSSR count). The number of benzene rings is 1. The molecule has 1 aromatic carbocycles. The van der Waals surface area contributed by atoms with Gasteiger partial charge in [0, 0.05) is 12.7 Å². The fraction of sp³-hybridized carbons (Fsp3) is 0.250. The Morgan fingerprint density at radius 1 is 1.19 bits per heavy atom. The van der Waals surface area contributed by atoms with Gasteiger partial charge in [-0.15, -0.1) is 0 Å². The van der Waals surface area contributed by atoms with Gasteiger partial charge in [-0.1, -0.05) is 18.2 Å². The second-order valence-corrected chi connectivity index (χ2v) is 5.06. The monoisotopic (exact) mass is 282 g/mol. The molecule has 5 nitrogen and oxygen atoms in total. The molecule has 0 aliphatic heterocycles. The van der Waals surface area contributed by atoms with Gasteiger partial charge in [0.15, 0.2) is 0 Å². The maximum atomic E-state index is 9.46. The topological polar surface area (TPSA) is 63.0 Å². The van der Waals surface area contributed by atoms with Gasteiger partial charge in [-0.05, 0) is 31.2 Å². The number of hydrogen-bond donors (Lipinski definition) is 2. The number of nitrogens with one attached hydrogen (secondary N) is 1. The molecule has 2 aromatic heterocycles. The maximum Gasteiger partial charge on any atom is 0.204 e. The predicted molar refractivity (Wildman–Crippen MR) is 83.2 cm³/mol. The fourth-order valence-electron chi connectivity index (χ4n) is 2.26. The Morgan fingerprint density at radius 2 is 2.00 bits per heavy atom. The number of para-hydroxylation sites is 2. The lowest BCUT2D eigenvalue weighted by Gasteiger charge is -2.11. The second-order valence-electron chi connectivity index (χ2n) is 5.06. The van der Waals surface area contributed by atoms with Crippen molar-refractivity contribution in [2.75, 3.05) is 11.9 Å². The van der Waals surface area contributed by atoms with Gasteiger partial charge in [-0.3, -0.25) is 4.98 Å². The molecule has 1 atom stereocenters. The molecule has 0 spiro atoms. The van der Waals surface area contributed by atoms with E-state index in [1.54, 1.807) is 13.1 Å². The number of aromatic nitrogens is 3. The number of fused-ring (bicyclic) bond motifs is 1. The largest absolute Gasteiger partial charge is 0.392 e. The Labute approximate surface area is 123 Å². The van der Waals surface area contributed by atoms with Gasteiger partial charge in [-0.2, -0.15) is 0 Å². The van der Waals surface area contributed by atoms with Crippen LogP contribution < -0.4 is 5.32 Å². The summed E-state index contributed by atoms with van der Waals surface area (Å²) in [5.74, 6) is 0.753. The molecular weight excluding hydrogens is 264 g/mol. The number of imidazole rings is 1. The maximum absolute atomic E-state index is 9.46. The Hall–Kier alpha value is -2.40. The van der Waals surface area contributed by atoms with E-state index in [-0.39, 0.29) is 0 Å². The van der Waals surface area contributed by atoms with E-state index in [1.165, 1.54) is 0 Å². The number of rotatable bonds is 5. The summed E-state index contributed by atoms with van der Waals surface area (Å²) in [6, 6.07) is 13.9. The van der Waals surface area contributed by atoms with Crippen molar-refractivity contribution in [1.82, 2.24) is 14.5 Å². The van der Waals surface area contributed by atoms with E-state index >= 15 is 0 Å². The minimum absolute atomic E-state index is 0.423. The van der Waals surface area contributed by atoms with Crippen LogP contribution in [0, 0.1) is 0 Å². The van der Waals surface area contributed by atoms with E-state index in [4.69, 9.17) is 0 Å². The lowest BCUT2D eigenvalue weighted by molar-refractivity contribution is 0.208. The van der Waals surface area contributed by atoms with Gasteiger partial charge >= 0.3 is 0 Å². The van der Waals surface area contributed by atoms with E-state index in [0.717, 1.165) is 22.7 Å². The van der Waals surface area contributed by atoms with Gasteiger partial charge in [-0.25, -0.2) is 4.98 Å². The van der Waals surface area contributed by atoms with Gasteiger partial charge < -0.3 is 15.0 Å². The Bertz CT molecular complexity index is 721. The van der Waals surface area contributed by atoms with Crippen LogP contribution in [0.1, 0.15) is 12.6 Å². The van der Waals surface area contributed by atoms with Crippen LogP contribution in [-0.2, 0) is 6.54 Å². The Morgan fingerprint density at radius 3 is 2.76 bits per heavy atom. The second kappa shape index (κ2) is 5.93. The number of aliphatic hydroxyl groups excluding tert-OH is 1. The average molecular weight is 282 g/mol. The van der Waals surface area contributed by atoms with Crippen LogP contribution in [0.25, 0.3) is 11.0 Å². The molecule has 108 valence electrons. The van der Waals surface area contributed by atoms with E-state index < -0.39 is 6.10 Å². The van der Waals surface area contributed by atoms with E-state index in [9.17, 15) is 5.11 Å². The summed E-state index contributed by atoms with van der Waals surface area (Å²) < 4.78 is 2.08. The molecule has 0 bridgehead atoms. The van der Waals surface area contributed by atoms with Gasteiger partial charge in [0.1, 0.15) is 0 Å². The third kappa shape index (κ3) is 3.03. The van der Waals surface area contributed by atoms with Crippen LogP contribution in [0.3, 0.4) is 0 Å². The van der Waals surface area contributed by atoms with Crippen molar-refractivity contribution in [3.05, 3.63) is 54.4 Å². The van der Waals surface area contributed by atoms with Crippen LogP contribution in [0.4, 0.5) is 5.95 Å².